The van der Waals surface area contributed by atoms with Gasteiger partial charge in [0.25, 0.3) is 0 Å². The van der Waals surface area contributed by atoms with Crippen LogP contribution in [-0.2, 0) is 16.1 Å². The van der Waals surface area contributed by atoms with Gasteiger partial charge in [-0.2, -0.15) is 0 Å². The molecule has 0 saturated carbocycles. The molecule has 6 nitrogen and oxygen atoms in total. The normalized spacial score (nSPS) is 10.6. The molecule has 1 heterocycles. The molecule has 0 radical (unpaired) electrons. The fraction of sp³-hybridized carbons (Fsp3) is 0.438. The number of hydrogen-bond acceptors (Lipinski definition) is 6. The van der Waals surface area contributed by atoms with E-state index in [1.54, 1.807) is 7.11 Å². The third kappa shape index (κ3) is 4.48. The number of rotatable bonds is 8. The van der Waals surface area contributed by atoms with Crippen LogP contribution in [0.4, 0.5) is 0 Å². The molecule has 0 spiro atoms. The third-order valence-corrected chi connectivity index (χ3v) is 4.29. The monoisotopic (exact) mass is 335 g/mol. The lowest BCUT2D eigenvalue weighted by atomic mass is 10.2. The number of methoxy groups -OCH3 is 2. The Morgan fingerprint density at radius 3 is 2.57 bits per heavy atom. The number of aromatic nitrogens is 3. The van der Waals surface area contributed by atoms with Crippen molar-refractivity contribution in [2.75, 3.05) is 20.0 Å². The maximum absolute atomic E-state index is 11.3. The van der Waals surface area contributed by atoms with Crippen LogP contribution in [0.3, 0.4) is 0 Å². The lowest BCUT2D eigenvalue weighted by molar-refractivity contribution is -0.137. The van der Waals surface area contributed by atoms with Crippen molar-refractivity contribution in [1.29, 1.82) is 0 Å². The smallest absolute Gasteiger partial charge is 0.316 e. The van der Waals surface area contributed by atoms with Crippen molar-refractivity contribution in [1.82, 2.24) is 14.8 Å². The number of thioether (sulfide) groups is 1. The summed E-state index contributed by atoms with van der Waals surface area (Å²) in [5, 5.41) is 9.26. The molecule has 1 aromatic carbocycles. The second-order valence-electron chi connectivity index (χ2n) is 4.90. The van der Waals surface area contributed by atoms with Crippen molar-refractivity contribution >= 4 is 17.7 Å². The van der Waals surface area contributed by atoms with Crippen LogP contribution in [0.5, 0.6) is 5.75 Å². The van der Waals surface area contributed by atoms with Crippen LogP contribution in [0.2, 0.25) is 0 Å². The molecule has 0 N–H and O–H groups in total. The summed E-state index contributed by atoms with van der Waals surface area (Å²) in [6, 6.07) is 7.71. The molecule has 23 heavy (non-hydrogen) atoms. The fourth-order valence-electron chi connectivity index (χ4n) is 2.05. The molecule has 0 atom stereocenters. The molecule has 0 fully saturated rings. The van der Waals surface area contributed by atoms with Crippen LogP contribution < -0.4 is 4.74 Å². The van der Waals surface area contributed by atoms with Crippen LogP contribution in [-0.4, -0.2) is 40.7 Å². The van der Waals surface area contributed by atoms with Crippen molar-refractivity contribution < 1.29 is 14.3 Å². The quantitative estimate of drug-likeness (QED) is 0.546. The minimum absolute atomic E-state index is 0.226. The highest BCUT2D eigenvalue weighted by Gasteiger charge is 2.15. The Morgan fingerprint density at radius 2 is 1.96 bits per heavy atom. The second-order valence-corrected chi connectivity index (χ2v) is 5.85. The topological polar surface area (TPSA) is 66.2 Å². The van der Waals surface area contributed by atoms with Crippen molar-refractivity contribution in [3.05, 3.63) is 24.3 Å². The molecule has 0 saturated heterocycles. The number of hydrogen-bond donors (Lipinski definition) is 0. The zero-order valence-corrected chi connectivity index (χ0v) is 14.4. The van der Waals surface area contributed by atoms with Gasteiger partial charge in [0.15, 0.2) is 11.0 Å². The molecule has 7 heteroatoms. The summed E-state index contributed by atoms with van der Waals surface area (Å²) in [7, 11) is 3.02. The van der Waals surface area contributed by atoms with Gasteiger partial charge in [-0.15, -0.1) is 10.2 Å². The average molecular weight is 335 g/mol. The first-order valence-corrected chi connectivity index (χ1v) is 8.45. The summed E-state index contributed by atoms with van der Waals surface area (Å²) in [5.74, 6) is 1.55. The molecule has 0 aliphatic carbocycles. The zero-order chi connectivity index (χ0) is 16.7. The van der Waals surface area contributed by atoms with Crippen LogP contribution >= 0.6 is 11.8 Å². The predicted octanol–water partition coefficient (Wildman–Crippen LogP) is 3.02. The van der Waals surface area contributed by atoms with Crippen LogP contribution in [0.25, 0.3) is 11.4 Å². The van der Waals surface area contributed by atoms with E-state index in [-0.39, 0.29) is 11.7 Å². The minimum atomic E-state index is -0.272. The molecular formula is C16H21N3O3S. The highest BCUT2D eigenvalue weighted by molar-refractivity contribution is 7.99. The SMILES string of the molecule is CCCCn1c(SCC(=O)OC)nnc1-c1ccc(OC)cc1. The number of esters is 1. The molecule has 0 amide bonds. The summed E-state index contributed by atoms with van der Waals surface area (Å²) < 4.78 is 11.9. The Balaban J connectivity index is 2.26. The molecular weight excluding hydrogens is 314 g/mol. The lowest BCUT2D eigenvalue weighted by Crippen LogP contribution is -2.06. The first-order valence-electron chi connectivity index (χ1n) is 7.46. The van der Waals surface area contributed by atoms with Crippen molar-refractivity contribution in [2.24, 2.45) is 0 Å². The fourth-order valence-corrected chi connectivity index (χ4v) is 2.85. The van der Waals surface area contributed by atoms with Crippen molar-refractivity contribution in [2.45, 2.75) is 31.5 Å². The van der Waals surface area contributed by atoms with E-state index in [1.807, 2.05) is 24.3 Å². The van der Waals surface area contributed by atoms with Gasteiger partial charge in [0, 0.05) is 12.1 Å². The maximum atomic E-state index is 11.3. The van der Waals surface area contributed by atoms with Crippen LogP contribution in [0.15, 0.2) is 29.4 Å². The standard InChI is InChI=1S/C16H21N3O3S/c1-4-5-10-19-15(12-6-8-13(21-2)9-7-12)17-18-16(19)23-11-14(20)22-3/h6-9H,4-5,10-11H2,1-3H3. The molecule has 2 rings (SSSR count). The van der Waals surface area contributed by atoms with Crippen LogP contribution in [0.1, 0.15) is 19.8 Å². The Hall–Kier alpha value is -2.02. The minimum Gasteiger partial charge on any atom is -0.497 e. The molecule has 0 bridgehead atoms. The first kappa shape index (κ1) is 17.3. The van der Waals surface area contributed by atoms with E-state index < -0.39 is 0 Å². The predicted molar refractivity (Wildman–Crippen MR) is 89.7 cm³/mol. The summed E-state index contributed by atoms with van der Waals surface area (Å²) in [6.07, 6.45) is 2.09. The Morgan fingerprint density at radius 1 is 1.22 bits per heavy atom. The van der Waals surface area contributed by atoms with E-state index in [0.29, 0.717) is 0 Å². The molecule has 124 valence electrons. The van der Waals surface area contributed by atoms with E-state index >= 15 is 0 Å². The molecule has 1 aromatic heterocycles. The second kappa shape index (κ2) is 8.57. The van der Waals surface area contributed by atoms with E-state index in [0.717, 1.165) is 41.7 Å². The van der Waals surface area contributed by atoms with E-state index in [9.17, 15) is 4.79 Å². The largest absolute Gasteiger partial charge is 0.497 e. The molecule has 0 aliphatic rings. The van der Waals surface area contributed by atoms with E-state index in [1.165, 1.54) is 18.9 Å². The number of ether oxygens (including phenoxy) is 2. The molecule has 2 aromatic rings. The van der Waals surface area contributed by atoms with Gasteiger partial charge in [0.1, 0.15) is 5.75 Å². The highest BCUT2D eigenvalue weighted by Crippen LogP contribution is 2.26. The number of nitrogens with zero attached hydrogens (tertiary/aromatic N) is 3. The Labute approximate surface area is 140 Å². The summed E-state index contributed by atoms with van der Waals surface area (Å²) >= 11 is 1.34. The van der Waals surface area contributed by atoms with Gasteiger partial charge in [0.05, 0.1) is 20.0 Å². The lowest BCUT2D eigenvalue weighted by Gasteiger charge is -2.09. The molecule has 0 aliphatic heterocycles. The molecule has 0 unspecified atom stereocenters. The highest BCUT2D eigenvalue weighted by atomic mass is 32.2. The number of carbonyl (C=O) groups is 1. The van der Waals surface area contributed by atoms with Crippen LogP contribution in [0, 0.1) is 0 Å². The van der Waals surface area contributed by atoms with Gasteiger partial charge in [-0.1, -0.05) is 25.1 Å². The van der Waals surface area contributed by atoms with Gasteiger partial charge in [-0.3, -0.25) is 4.79 Å². The van der Waals surface area contributed by atoms with Gasteiger partial charge >= 0.3 is 5.97 Å². The van der Waals surface area contributed by atoms with E-state index in [2.05, 4.69) is 26.4 Å². The summed E-state index contributed by atoms with van der Waals surface area (Å²) in [6.45, 7) is 2.95. The van der Waals surface area contributed by atoms with Gasteiger partial charge in [-0.05, 0) is 30.7 Å². The summed E-state index contributed by atoms with van der Waals surface area (Å²) in [4.78, 5) is 11.3. The van der Waals surface area contributed by atoms with Crippen molar-refractivity contribution in [3.63, 3.8) is 0 Å². The Kier molecular flexibility index (Phi) is 6.46. The Bertz CT molecular complexity index is 641. The number of benzene rings is 1. The maximum Gasteiger partial charge on any atom is 0.316 e. The summed E-state index contributed by atoms with van der Waals surface area (Å²) in [5.41, 5.74) is 0.972. The van der Waals surface area contributed by atoms with Gasteiger partial charge < -0.3 is 14.0 Å². The number of unbranched alkanes of at least 4 members (excludes halogenated alkanes) is 1. The zero-order valence-electron chi connectivity index (χ0n) is 13.6. The van der Waals surface area contributed by atoms with Gasteiger partial charge in [-0.25, -0.2) is 0 Å². The van der Waals surface area contributed by atoms with Crippen molar-refractivity contribution in [3.8, 4) is 17.1 Å². The average Bonchev–Trinajstić information content (AvgIpc) is 3.00. The van der Waals surface area contributed by atoms with E-state index in [4.69, 9.17) is 4.74 Å². The third-order valence-electron chi connectivity index (χ3n) is 3.35. The van der Waals surface area contributed by atoms with Gasteiger partial charge in [0.2, 0.25) is 0 Å². The first-order chi connectivity index (χ1) is 11.2. The number of carbonyl (C=O) groups excluding carboxylic acids is 1.